The first-order valence-corrected chi connectivity index (χ1v) is 10.0. The van der Waals surface area contributed by atoms with Gasteiger partial charge in [-0.25, -0.2) is 0 Å². The Labute approximate surface area is 167 Å². The fourth-order valence-corrected chi connectivity index (χ4v) is 3.46. The Morgan fingerprint density at radius 2 is 1.78 bits per heavy atom. The molecule has 2 aromatic carbocycles. The Hall–Kier alpha value is -1.59. The van der Waals surface area contributed by atoms with E-state index in [1.54, 1.807) is 0 Å². The van der Waals surface area contributed by atoms with E-state index in [9.17, 15) is 5.11 Å². The quantitative estimate of drug-likeness (QED) is 0.724. The standard InChI is InChI=1S/C22H29ClN2O2/c1-17-2-8-22(9-3-17)27-16-21(26)14-24-20-10-12-25(13-11-20)15-18-4-6-19(23)7-5-18/h2-9,20-21,24,26H,10-16H2,1H3. The summed E-state index contributed by atoms with van der Waals surface area (Å²) in [4.78, 5) is 2.47. The van der Waals surface area contributed by atoms with Crippen LogP contribution in [0.3, 0.4) is 0 Å². The zero-order valence-corrected chi connectivity index (χ0v) is 16.7. The number of aryl methyl sites for hydroxylation is 1. The van der Waals surface area contributed by atoms with Crippen molar-refractivity contribution < 1.29 is 9.84 Å². The third kappa shape index (κ3) is 6.82. The highest BCUT2D eigenvalue weighted by molar-refractivity contribution is 6.30. The zero-order chi connectivity index (χ0) is 19.1. The molecular formula is C22H29ClN2O2. The van der Waals surface area contributed by atoms with Crippen LogP contribution in [-0.4, -0.2) is 48.4 Å². The molecule has 27 heavy (non-hydrogen) atoms. The molecule has 1 fully saturated rings. The highest BCUT2D eigenvalue weighted by atomic mass is 35.5. The molecule has 0 aromatic heterocycles. The lowest BCUT2D eigenvalue weighted by Crippen LogP contribution is -2.45. The van der Waals surface area contributed by atoms with E-state index in [-0.39, 0.29) is 0 Å². The van der Waals surface area contributed by atoms with E-state index in [0.717, 1.165) is 43.2 Å². The molecule has 0 saturated carbocycles. The number of hydrogen-bond donors (Lipinski definition) is 2. The van der Waals surface area contributed by atoms with Gasteiger partial charge in [0.15, 0.2) is 0 Å². The van der Waals surface area contributed by atoms with Gasteiger partial charge < -0.3 is 15.2 Å². The van der Waals surface area contributed by atoms with Crippen molar-refractivity contribution in [2.24, 2.45) is 0 Å². The van der Waals surface area contributed by atoms with Gasteiger partial charge in [0.1, 0.15) is 18.5 Å². The second-order valence-electron chi connectivity index (χ2n) is 7.36. The fourth-order valence-electron chi connectivity index (χ4n) is 3.33. The fraction of sp³-hybridized carbons (Fsp3) is 0.455. The van der Waals surface area contributed by atoms with Crippen molar-refractivity contribution in [3.05, 3.63) is 64.7 Å². The van der Waals surface area contributed by atoms with Gasteiger partial charge in [-0.05, 0) is 62.7 Å². The Kier molecular flexibility index (Phi) is 7.53. The zero-order valence-electron chi connectivity index (χ0n) is 15.9. The van der Waals surface area contributed by atoms with Gasteiger partial charge in [-0.1, -0.05) is 41.4 Å². The van der Waals surface area contributed by atoms with Crippen LogP contribution in [0.1, 0.15) is 24.0 Å². The monoisotopic (exact) mass is 388 g/mol. The van der Waals surface area contributed by atoms with E-state index in [0.29, 0.717) is 19.2 Å². The first-order chi connectivity index (χ1) is 13.1. The number of halogens is 1. The van der Waals surface area contributed by atoms with Crippen molar-refractivity contribution in [1.29, 1.82) is 0 Å². The summed E-state index contributed by atoms with van der Waals surface area (Å²) in [6.45, 7) is 6.02. The molecule has 1 saturated heterocycles. The molecule has 4 nitrogen and oxygen atoms in total. The average molecular weight is 389 g/mol. The second kappa shape index (κ2) is 10.1. The normalized spacial score (nSPS) is 17.0. The number of aliphatic hydroxyl groups excluding tert-OH is 1. The molecule has 1 atom stereocenters. The number of benzene rings is 2. The van der Waals surface area contributed by atoms with Gasteiger partial charge in [0.25, 0.3) is 0 Å². The Bertz CT molecular complexity index is 682. The molecule has 2 N–H and O–H groups in total. The number of likely N-dealkylation sites (tertiary alicyclic amines) is 1. The Morgan fingerprint density at radius 3 is 2.44 bits per heavy atom. The summed E-state index contributed by atoms with van der Waals surface area (Å²) in [6.07, 6.45) is 1.69. The first kappa shape index (κ1) is 20.2. The molecule has 1 heterocycles. The van der Waals surface area contributed by atoms with Gasteiger partial charge in [0.05, 0.1) is 0 Å². The smallest absolute Gasteiger partial charge is 0.119 e. The number of piperidine rings is 1. The number of aliphatic hydroxyl groups is 1. The van der Waals surface area contributed by atoms with Crippen LogP contribution in [-0.2, 0) is 6.54 Å². The third-order valence-electron chi connectivity index (χ3n) is 5.01. The van der Waals surface area contributed by atoms with E-state index in [2.05, 4.69) is 22.3 Å². The third-order valence-corrected chi connectivity index (χ3v) is 5.26. The maximum absolute atomic E-state index is 10.2. The highest BCUT2D eigenvalue weighted by Gasteiger charge is 2.19. The topological polar surface area (TPSA) is 44.7 Å². The molecule has 0 bridgehead atoms. The lowest BCUT2D eigenvalue weighted by atomic mass is 10.0. The molecule has 0 spiro atoms. The van der Waals surface area contributed by atoms with Gasteiger partial charge in [-0.3, -0.25) is 4.90 Å². The molecule has 5 heteroatoms. The van der Waals surface area contributed by atoms with E-state index in [1.807, 2.05) is 43.3 Å². The van der Waals surface area contributed by atoms with Gasteiger partial charge >= 0.3 is 0 Å². The van der Waals surface area contributed by atoms with E-state index < -0.39 is 6.10 Å². The Morgan fingerprint density at radius 1 is 1.11 bits per heavy atom. The SMILES string of the molecule is Cc1ccc(OCC(O)CNC2CCN(Cc3ccc(Cl)cc3)CC2)cc1. The Balaban J connectivity index is 1.31. The summed E-state index contributed by atoms with van der Waals surface area (Å²) in [5.74, 6) is 0.801. The lowest BCUT2D eigenvalue weighted by Gasteiger charge is -2.33. The molecule has 146 valence electrons. The summed E-state index contributed by atoms with van der Waals surface area (Å²) < 4.78 is 5.65. The van der Waals surface area contributed by atoms with Crippen LogP contribution >= 0.6 is 11.6 Å². The molecule has 0 amide bonds. The van der Waals surface area contributed by atoms with Gasteiger partial charge in [0.2, 0.25) is 0 Å². The summed E-state index contributed by atoms with van der Waals surface area (Å²) in [5.41, 5.74) is 2.50. The van der Waals surface area contributed by atoms with Crippen molar-refractivity contribution in [3.8, 4) is 5.75 Å². The summed E-state index contributed by atoms with van der Waals surface area (Å²) in [5, 5.41) is 14.4. The largest absolute Gasteiger partial charge is 0.491 e. The van der Waals surface area contributed by atoms with Crippen molar-refractivity contribution >= 4 is 11.6 Å². The van der Waals surface area contributed by atoms with Crippen molar-refractivity contribution in [1.82, 2.24) is 10.2 Å². The average Bonchev–Trinajstić information content (AvgIpc) is 2.69. The molecular weight excluding hydrogens is 360 g/mol. The first-order valence-electron chi connectivity index (χ1n) is 9.66. The minimum absolute atomic E-state index is 0.311. The molecule has 2 aromatic rings. The number of nitrogens with one attached hydrogen (secondary N) is 1. The van der Waals surface area contributed by atoms with E-state index in [4.69, 9.17) is 16.3 Å². The molecule has 1 unspecified atom stereocenters. The predicted octanol–water partition coefficient (Wildman–Crippen LogP) is 3.64. The van der Waals surface area contributed by atoms with Gasteiger partial charge in [-0.15, -0.1) is 0 Å². The maximum atomic E-state index is 10.2. The highest BCUT2D eigenvalue weighted by Crippen LogP contribution is 2.16. The number of ether oxygens (including phenoxy) is 1. The summed E-state index contributed by atoms with van der Waals surface area (Å²) >= 11 is 5.95. The van der Waals surface area contributed by atoms with Crippen LogP contribution in [0.4, 0.5) is 0 Å². The minimum atomic E-state index is -0.501. The lowest BCUT2D eigenvalue weighted by molar-refractivity contribution is 0.0979. The number of hydrogen-bond acceptors (Lipinski definition) is 4. The summed E-state index contributed by atoms with van der Waals surface area (Å²) in [7, 11) is 0. The molecule has 1 aliphatic rings. The van der Waals surface area contributed by atoms with E-state index in [1.165, 1.54) is 11.1 Å². The second-order valence-corrected chi connectivity index (χ2v) is 7.80. The predicted molar refractivity (Wildman–Crippen MR) is 110 cm³/mol. The van der Waals surface area contributed by atoms with Crippen molar-refractivity contribution in [2.45, 2.75) is 38.5 Å². The van der Waals surface area contributed by atoms with Crippen LogP contribution in [0.15, 0.2) is 48.5 Å². The van der Waals surface area contributed by atoms with Gasteiger partial charge in [0, 0.05) is 24.2 Å². The van der Waals surface area contributed by atoms with Crippen LogP contribution < -0.4 is 10.1 Å². The van der Waals surface area contributed by atoms with Crippen molar-refractivity contribution in [3.63, 3.8) is 0 Å². The van der Waals surface area contributed by atoms with E-state index >= 15 is 0 Å². The van der Waals surface area contributed by atoms with Crippen LogP contribution in [0.5, 0.6) is 5.75 Å². The van der Waals surface area contributed by atoms with Crippen LogP contribution in [0.2, 0.25) is 5.02 Å². The molecule has 3 rings (SSSR count). The van der Waals surface area contributed by atoms with Crippen molar-refractivity contribution in [2.75, 3.05) is 26.2 Å². The number of nitrogens with zero attached hydrogens (tertiary/aromatic N) is 1. The molecule has 1 aliphatic heterocycles. The minimum Gasteiger partial charge on any atom is -0.491 e. The van der Waals surface area contributed by atoms with Crippen LogP contribution in [0, 0.1) is 6.92 Å². The van der Waals surface area contributed by atoms with Gasteiger partial charge in [-0.2, -0.15) is 0 Å². The maximum Gasteiger partial charge on any atom is 0.119 e. The summed E-state index contributed by atoms with van der Waals surface area (Å²) in [6, 6.07) is 16.4. The molecule has 0 radical (unpaired) electrons. The molecule has 0 aliphatic carbocycles. The van der Waals surface area contributed by atoms with Crippen LogP contribution in [0.25, 0.3) is 0 Å². The number of rotatable bonds is 8.